The SMILES string of the molecule is COc1ccc2c(c1)C[C@@H](C)[C@H]2CNS(=O)(=O)C(F)(F)F. The van der Waals surface area contributed by atoms with Gasteiger partial charge in [-0.2, -0.15) is 13.2 Å². The monoisotopic (exact) mass is 323 g/mol. The molecular formula is C13H16F3NO3S. The highest BCUT2D eigenvalue weighted by Crippen LogP contribution is 2.39. The summed E-state index contributed by atoms with van der Waals surface area (Å²) in [6, 6.07) is 5.34. The molecule has 0 spiro atoms. The Morgan fingerprint density at radius 1 is 1.38 bits per heavy atom. The van der Waals surface area contributed by atoms with Crippen LogP contribution in [0.25, 0.3) is 0 Å². The van der Waals surface area contributed by atoms with Crippen LogP contribution in [-0.2, 0) is 16.4 Å². The van der Waals surface area contributed by atoms with Gasteiger partial charge in [-0.1, -0.05) is 13.0 Å². The Morgan fingerprint density at radius 2 is 2.05 bits per heavy atom. The lowest BCUT2D eigenvalue weighted by Crippen LogP contribution is -2.39. The topological polar surface area (TPSA) is 55.4 Å². The number of rotatable bonds is 4. The van der Waals surface area contributed by atoms with E-state index in [0.29, 0.717) is 12.2 Å². The highest BCUT2D eigenvalue weighted by atomic mass is 32.2. The van der Waals surface area contributed by atoms with Crippen molar-refractivity contribution in [3.05, 3.63) is 29.3 Å². The van der Waals surface area contributed by atoms with Gasteiger partial charge in [0.25, 0.3) is 0 Å². The van der Waals surface area contributed by atoms with Crippen LogP contribution in [0, 0.1) is 5.92 Å². The zero-order valence-corrected chi connectivity index (χ0v) is 12.4. The Balaban J connectivity index is 2.17. The third kappa shape index (κ3) is 3.16. The summed E-state index contributed by atoms with van der Waals surface area (Å²) in [6.07, 6.45) is 0.685. The molecule has 2 rings (SSSR count). The molecule has 8 heteroatoms. The van der Waals surface area contributed by atoms with Gasteiger partial charge in [0, 0.05) is 12.5 Å². The molecule has 0 bridgehead atoms. The molecular weight excluding hydrogens is 307 g/mol. The Hall–Kier alpha value is -1.28. The number of halogens is 3. The molecule has 0 heterocycles. The number of ether oxygens (including phenoxy) is 1. The van der Waals surface area contributed by atoms with E-state index in [1.807, 2.05) is 13.0 Å². The van der Waals surface area contributed by atoms with Crippen LogP contribution in [0.5, 0.6) is 5.75 Å². The van der Waals surface area contributed by atoms with Crippen LogP contribution in [-0.4, -0.2) is 27.6 Å². The third-order valence-electron chi connectivity index (χ3n) is 3.78. The first-order valence-electron chi connectivity index (χ1n) is 6.38. The number of nitrogens with one attached hydrogen (secondary N) is 1. The maximum Gasteiger partial charge on any atom is 0.511 e. The molecule has 0 saturated heterocycles. The zero-order chi connectivity index (χ0) is 15.8. The van der Waals surface area contributed by atoms with Crippen LogP contribution in [0.4, 0.5) is 13.2 Å². The number of alkyl halides is 3. The van der Waals surface area contributed by atoms with Gasteiger partial charge in [0.1, 0.15) is 5.75 Å². The van der Waals surface area contributed by atoms with Gasteiger partial charge in [0.2, 0.25) is 0 Å². The highest BCUT2D eigenvalue weighted by Gasteiger charge is 2.46. The highest BCUT2D eigenvalue weighted by molar-refractivity contribution is 7.90. The van der Waals surface area contributed by atoms with E-state index in [-0.39, 0.29) is 18.4 Å². The second-order valence-electron chi connectivity index (χ2n) is 5.15. The fourth-order valence-electron chi connectivity index (χ4n) is 2.64. The maximum absolute atomic E-state index is 12.3. The Bertz CT molecular complexity index is 628. The van der Waals surface area contributed by atoms with Crippen molar-refractivity contribution in [2.75, 3.05) is 13.7 Å². The van der Waals surface area contributed by atoms with E-state index >= 15 is 0 Å². The van der Waals surface area contributed by atoms with Crippen molar-refractivity contribution < 1.29 is 26.3 Å². The van der Waals surface area contributed by atoms with E-state index in [1.165, 1.54) is 7.11 Å². The minimum Gasteiger partial charge on any atom is -0.497 e. The van der Waals surface area contributed by atoms with E-state index in [2.05, 4.69) is 0 Å². The molecule has 1 aliphatic rings. The summed E-state index contributed by atoms with van der Waals surface area (Å²) in [6.45, 7) is 1.63. The van der Waals surface area contributed by atoms with Crippen molar-refractivity contribution in [3.63, 3.8) is 0 Å². The summed E-state index contributed by atoms with van der Waals surface area (Å²) < 4.78 is 65.9. The number of hydrogen-bond acceptors (Lipinski definition) is 3. The van der Waals surface area contributed by atoms with Gasteiger partial charge in [0.15, 0.2) is 0 Å². The zero-order valence-electron chi connectivity index (χ0n) is 11.6. The van der Waals surface area contributed by atoms with E-state index in [4.69, 9.17) is 4.74 Å². The average molecular weight is 323 g/mol. The fraction of sp³-hybridized carbons (Fsp3) is 0.538. The number of benzene rings is 1. The van der Waals surface area contributed by atoms with Gasteiger partial charge in [0.05, 0.1) is 7.11 Å². The molecule has 4 nitrogen and oxygen atoms in total. The van der Waals surface area contributed by atoms with E-state index in [9.17, 15) is 21.6 Å². The number of methoxy groups -OCH3 is 1. The van der Waals surface area contributed by atoms with Gasteiger partial charge in [-0.3, -0.25) is 0 Å². The first kappa shape index (κ1) is 16.1. The van der Waals surface area contributed by atoms with Gasteiger partial charge in [-0.05, 0) is 35.6 Å². The van der Waals surface area contributed by atoms with Crippen molar-refractivity contribution in [2.45, 2.75) is 24.8 Å². The number of sulfonamides is 1. The molecule has 21 heavy (non-hydrogen) atoms. The van der Waals surface area contributed by atoms with Gasteiger partial charge >= 0.3 is 15.5 Å². The normalized spacial score (nSPS) is 22.1. The van der Waals surface area contributed by atoms with Crippen molar-refractivity contribution in [1.82, 2.24) is 4.72 Å². The van der Waals surface area contributed by atoms with Crippen LogP contribution in [0.15, 0.2) is 18.2 Å². The summed E-state index contributed by atoms with van der Waals surface area (Å²) in [5, 5.41) is 0. The minimum atomic E-state index is -5.30. The van der Waals surface area contributed by atoms with Gasteiger partial charge in [-0.25, -0.2) is 13.1 Å². The quantitative estimate of drug-likeness (QED) is 0.926. The molecule has 0 aliphatic heterocycles. The predicted molar refractivity (Wildman–Crippen MR) is 71.6 cm³/mol. The molecule has 0 saturated carbocycles. The summed E-state index contributed by atoms with van der Waals surface area (Å²) in [7, 11) is -3.76. The first-order chi connectivity index (χ1) is 9.65. The Labute approximate surface area is 121 Å². The van der Waals surface area contributed by atoms with Crippen LogP contribution in [0.1, 0.15) is 24.0 Å². The predicted octanol–water partition coefficient (Wildman–Crippen LogP) is 2.41. The first-order valence-corrected chi connectivity index (χ1v) is 7.87. The lowest BCUT2D eigenvalue weighted by Gasteiger charge is -2.18. The van der Waals surface area contributed by atoms with Gasteiger partial charge in [-0.15, -0.1) is 0 Å². The summed E-state index contributed by atoms with van der Waals surface area (Å²) in [4.78, 5) is 0. The minimum absolute atomic E-state index is 0.0584. The fourth-order valence-corrected chi connectivity index (χ4v) is 3.20. The van der Waals surface area contributed by atoms with Crippen LogP contribution in [0.3, 0.4) is 0 Å². The molecule has 1 N–H and O–H groups in total. The second kappa shape index (κ2) is 5.49. The molecule has 0 unspecified atom stereocenters. The summed E-state index contributed by atoms with van der Waals surface area (Å²) >= 11 is 0. The molecule has 0 amide bonds. The smallest absolute Gasteiger partial charge is 0.497 e. The molecule has 1 aromatic rings. The van der Waals surface area contributed by atoms with Crippen LogP contribution >= 0.6 is 0 Å². The maximum atomic E-state index is 12.3. The molecule has 2 atom stereocenters. The Kier molecular flexibility index (Phi) is 4.21. The molecule has 0 aromatic heterocycles. The molecule has 1 aromatic carbocycles. The van der Waals surface area contributed by atoms with Crippen molar-refractivity contribution >= 4 is 10.0 Å². The number of fused-ring (bicyclic) bond motifs is 1. The van der Waals surface area contributed by atoms with Gasteiger partial charge < -0.3 is 4.74 Å². The summed E-state index contributed by atoms with van der Waals surface area (Å²) in [5.41, 5.74) is -3.43. The average Bonchev–Trinajstić information content (AvgIpc) is 2.69. The lowest BCUT2D eigenvalue weighted by atomic mass is 9.94. The van der Waals surface area contributed by atoms with Crippen molar-refractivity contribution in [2.24, 2.45) is 5.92 Å². The van der Waals surface area contributed by atoms with E-state index in [0.717, 1.165) is 11.1 Å². The molecule has 0 radical (unpaired) electrons. The summed E-state index contributed by atoms with van der Waals surface area (Å²) in [5.74, 6) is 0.462. The van der Waals surface area contributed by atoms with Crippen molar-refractivity contribution in [1.29, 1.82) is 0 Å². The molecule has 0 fully saturated rings. The number of hydrogen-bond donors (Lipinski definition) is 1. The Morgan fingerprint density at radius 3 is 2.62 bits per heavy atom. The largest absolute Gasteiger partial charge is 0.511 e. The third-order valence-corrected chi connectivity index (χ3v) is 4.93. The molecule has 1 aliphatic carbocycles. The molecule has 118 valence electrons. The van der Waals surface area contributed by atoms with Crippen LogP contribution in [0.2, 0.25) is 0 Å². The van der Waals surface area contributed by atoms with Crippen LogP contribution < -0.4 is 9.46 Å². The lowest BCUT2D eigenvalue weighted by molar-refractivity contribution is -0.0448. The van der Waals surface area contributed by atoms with Crippen molar-refractivity contribution in [3.8, 4) is 5.75 Å². The standard InChI is InChI=1S/C13H16F3NO3S/c1-8-5-9-6-10(20-2)3-4-11(9)12(8)7-17-21(18,19)13(14,15)16/h3-4,6,8,12,17H,5,7H2,1-2H3/t8-,12-/m1/s1. The van der Waals surface area contributed by atoms with E-state index < -0.39 is 15.5 Å². The van der Waals surface area contributed by atoms with E-state index in [1.54, 1.807) is 16.9 Å². The second-order valence-corrected chi connectivity index (χ2v) is 6.91.